The Morgan fingerprint density at radius 2 is 2.04 bits per heavy atom. The van der Waals surface area contributed by atoms with Crippen LogP contribution < -0.4 is 0 Å². The number of benzene rings is 1. The molecular weight excluding hydrogens is 324 g/mol. The Hall–Kier alpha value is -2.10. The van der Waals surface area contributed by atoms with Gasteiger partial charge in [-0.15, -0.1) is 0 Å². The summed E-state index contributed by atoms with van der Waals surface area (Å²) in [5, 5.41) is 4.63. The zero-order valence-electron chi connectivity index (χ0n) is 16.6. The minimum Gasteiger partial charge on any atom is -0.466 e. The van der Waals surface area contributed by atoms with Crippen LogP contribution in [0.2, 0.25) is 0 Å². The third kappa shape index (κ3) is 5.45. The summed E-state index contributed by atoms with van der Waals surface area (Å²) in [4.78, 5) is 11.5. The van der Waals surface area contributed by atoms with Crippen molar-refractivity contribution in [1.29, 1.82) is 0 Å². The Labute approximate surface area is 157 Å². The lowest BCUT2D eigenvalue weighted by atomic mass is 9.89. The van der Waals surface area contributed by atoms with Crippen LogP contribution in [-0.2, 0) is 16.0 Å². The van der Waals surface area contributed by atoms with Gasteiger partial charge < -0.3 is 4.74 Å². The van der Waals surface area contributed by atoms with Crippen LogP contribution in [0.3, 0.4) is 0 Å². The zero-order valence-corrected chi connectivity index (χ0v) is 16.6. The molecular formula is C22H32N2O2. The fraction of sp³-hybridized carbons (Fsp3) is 0.545. The minimum atomic E-state index is -0.110. The molecule has 0 radical (unpaired) electrons. The minimum absolute atomic E-state index is 0.110. The summed E-state index contributed by atoms with van der Waals surface area (Å²) in [5.41, 5.74) is 4.80. The number of ether oxygens (including phenoxy) is 1. The first-order valence-electron chi connectivity index (χ1n) is 9.90. The van der Waals surface area contributed by atoms with Gasteiger partial charge in [-0.05, 0) is 68.7 Å². The van der Waals surface area contributed by atoms with Crippen molar-refractivity contribution in [3.63, 3.8) is 0 Å². The van der Waals surface area contributed by atoms with Gasteiger partial charge in [0.15, 0.2) is 0 Å². The van der Waals surface area contributed by atoms with E-state index >= 15 is 0 Å². The summed E-state index contributed by atoms with van der Waals surface area (Å²) in [6, 6.07) is 8.75. The van der Waals surface area contributed by atoms with Crippen molar-refractivity contribution < 1.29 is 9.53 Å². The molecule has 1 atom stereocenters. The van der Waals surface area contributed by atoms with E-state index in [0.29, 0.717) is 18.9 Å². The summed E-state index contributed by atoms with van der Waals surface area (Å²) in [6.45, 7) is 8.81. The molecule has 0 spiro atoms. The topological polar surface area (TPSA) is 44.1 Å². The number of nitrogens with zero attached hydrogens (tertiary/aromatic N) is 2. The third-order valence-electron chi connectivity index (χ3n) is 4.79. The number of carbonyl (C=O) groups excluding carboxylic acids is 1. The lowest BCUT2D eigenvalue weighted by Gasteiger charge is -2.20. The quantitative estimate of drug-likeness (QED) is 0.538. The Balaban J connectivity index is 2.23. The summed E-state index contributed by atoms with van der Waals surface area (Å²) in [6.07, 6.45) is 7.68. The number of esters is 1. The van der Waals surface area contributed by atoms with E-state index in [-0.39, 0.29) is 5.97 Å². The Kier molecular flexibility index (Phi) is 7.89. The number of aryl methyl sites for hydroxylation is 2. The van der Waals surface area contributed by atoms with Crippen molar-refractivity contribution in [2.75, 3.05) is 6.61 Å². The molecule has 0 bridgehead atoms. The van der Waals surface area contributed by atoms with Gasteiger partial charge in [-0.2, -0.15) is 5.10 Å². The molecule has 2 rings (SSSR count). The highest BCUT2D eigenvalue weighted by Crippen LogP contribution is 2.31. The summed E-state index contributed by atoms with van der Waals surface area (Å²) in [5.74, 6) is 0.439. The molecule has 1 aromatic heterocycles. The van der Waals surface area contributed by atoms with Crippen LogP contribution in [-0.4, -0.2) is 22.4 Å². The maximum atomic E-state index is 11.5. The molecule has 4 nitrogen and oxygen atoms in total. The Morgan fingerprint density at radius 3 is 2.65 bits per heavy atom. The molecule has 0 saturated heterocycles. The van der Waals surface area contributed by atoms with E-state index in [0.717, 1.165) is 25.0 Å². The summed E-state index contributed by atoms with van der Waals surface area (Å²) in [7, 11) is 0. The molecule has 0 N–H and O–H groups in total. The smallest absolute Gasteiger partial charge is 0.305 e. The van der Waals surface area contributed by atoms with Crippen LogP contribution in [0.4, 0.5) is 0 Å². The molecule has 1 aromatic carbocycles. The van der Waals surface area contributed by atoms with Gasteiger partial charge in [0.05, 0.1) is 18.0 Å². The average Bonchev–Trinajstić information content (AvgIpc) is 3.06. The monoisotopic (exact) mass is 356 g/mol. The highest BCUT2D eigenvalue weighted by atomic mass is 16.5. The number of carbonyl (C=O) groups is 1. The average molecular weight is 357 g/mol. The van der Waals surface area contributed by atoms with Crippen LogP contribution in [0.5, 0.6) is 0 Å². The van der Waals surface area contributed by atoms with Crippen molar-refractivity contribution in [3.05, 3.63) is 47.3 Å². The number of hydrogen-bond acceptors (Lipinski definition) is 3. The number of hydrogen-bond donors (Lipinski definition) is 0. The maximum Gasteiger partial charge on any atom is 0.305 e. The molecule has 4 heteroatoms. The molecule has 0 amide bonds. The summed E-state index contributed by atoms with van der Waals surface area (Å²) >= 11 is 0. The van der Waals surface area contributed by atoms with E-state index < -0.39 is 0 Å². The van der Waals surface area contributed by atoms with Crippen molar-refractivity contribution in [2.24, 2.45) is 0 Å². The first kappa shape index (κ1) is 20.2. The van der Waals surface area contributed by atoms with Crippen molar-refractivity contribution in [3.8, 4) is 5.69 Å². The van der Waals surface area contributed by atoms with Crippen molar-refractivity contribution in [2.45, 2.75) is 72.1 Å². The van der Waals surface area contributed by atoms with Gasteiger partial charge in [0.25, 0.3) is 0 Å². The highest BCUT2D eigenvalue weighted by Gasteiger charge is 2.16. The predicted octanol–water partition coefficient (Wildman–Crippen LogP) is 5.36. The van der Waals surface area contributed by atoms with Gasteiger partial charge in [-0.1, -0.05) is 32.4 Å². The van der Waals surface area contributed by atoms with E-state index in [1.165, 1.54) is 29.7 Å². The Bertz CT molecular complexity index is 706. The second kappa shape index (κ2) is 10.1. The molecule has 142 valence electrons. The SMILES string of the molecule is CCCC(CC)c1ccc(CCCC(=O)OCC)cc1-n1ccc(C)n1. The Morgan fingerprint density at radius 1 is 1.23 bits per heavy atom. The molecule has 0 aliphatic carbocycles. The highest BCUT2D eigenvalue weighted by molar-refractivity contribution is 5.69. The predicted molar refractivity (Wildman–Crippen MR) is 106 cm³/mol. The van der Waals surface area contributed by atoms with Crippen molar-refractivity contribution >= 4 is 5.97 Å². The van der Waals surface area contributed by atoms with Gasteiger partial charge in [-0.3, -0.25) is 4.79 Å². The van der Waals surface area contributed by atoms with E-state index in [2.05, 4.69) is 37.1 Å². The van der Waals surface area contributed by atoms with Gasteiger partial charge in [0.2, 0.25) is 0 Å². The van der Waals surface area contributed by atoms with Crippen LogP contribution >= 0.6 is 0 Å². The fourth-order valence-electron chi connectivity index (χ4n) is 3.44. The molecule has 2 aromatic rings. The second-order valence-corrected chi connectivity index (χ2v) is 6.85. The molecule has 0 aliphatic heterocycles. The molecule has 0 saturated carbocycles. The normalized spacial score (nSPS) is 12.2. The maximum absolute atomic E-state index is 11.5. The van der Waals surface area contributed by atoms with Crippen molar-refractivity contribution in [1.82, 2.24) is 9.78 Å². The molecule has 1 unspecified atom stereocenters. The first-order chi connectivity index (χ1) is 12.6. The summed E-state index contributed by atoms with van der Waals surface area (Å²) < 4.78 is 7.01. The standard InChI is InChI=1S/C22H32N2O2/c1-5-9-19(6-2)20-13-12-18(10-8-11-22(25)26-7-3)16-21(20)24-15-14-17(4)23-24/h12-16,19H,5-11H2,1-4H3. The molecule has 26 heavy (non-hydrogen) atoms. The van der Waals surface area contributed by atoms with E-state index in [1.54, 1.807) is 0 Å². The van der Waals surface area contributed by atoms with Crippen LogP contribution in [0.25, 0.3) is 5.69 Å². The van der Waals surface area contributed by atoms with Crippen LogP contribution in [0, 0.1) is 6.92 Å². The largest absolute Gasteiger partial charge is 0.466 e. The zero-order chi connectivity index (χ0) is 18.9. The molecule has 1 heterocycles. The number of rotatable bonds is 10. The molecule has 0 fully saturated rings. The van der Waals surface area contributed by atoms with E-state index in [1.807, 2.05) is 30.8 Å². The van der Waals surface area contributed by atoms with Gasteiger partial charge >= 0.3 is 5.97 Å². The van der Waals surface area contributed by atoms with Gasteiger partial charge in [0.1, 0.15) is 0 Å². The fourth-order valence-corrected chi connectivity index (χ4v) is 3.44. The van der Waals surface area contributed by atoms with Crippen LogP contribution in [0.15, 0.2) is 30.5 Å². The third-order valence-corrected chi connectivity index (χ3v) is 4.79. The molecule has 0 aliphatic rings. The van der Waals surface area contributed by atoms with E-state index in [4.69, 9.17) is 4.74 Å². The lowest BCUT2D eigenvalue weighted by Crippen LogP contribution is -2.07. The first-order valence-corrected chi connectivity index (χ1v) is 9.90. The lowest BCUT2D eigenvalue weighted by molar-refractivity contribution is -0.143. The second-order valence-electron chi connectivity index (χ2n) is 6.85. The van der Waals surface area contributed by atoms with E-state index in [9.17, 15) is 4.79 Å². The van der Waals surface area contributed by atoms with Crippen LogP contribution in [0.1, 0.15) is 75.6 Å². The van der Waals surface area contributed by atoms with Gasteiger partial charge in [0, 0.05) is 12.6 Å². The van der Waals surface area contributed by atoms with Gasteiger partial charge in [-0.25, -0.2) is 4.68 Å². The number of aromatic nitrogens is 2.